The van der Waals surface area contributed by atoms with Gasteiger partial charge in [-0.25, -0.2) is 0 Å². The maximum atomic E-state index is 5.76. The van der Waals surface area contributed by atoms with Crippen LogP contribution in [0.25, 0.3) is 0 Å². The number of hydrogen-bond acceptors (Lipinski definition) is 4. The predicted octanol–water partition coefficient (Wildman–Crippen LogP) is 3.49. The van der Waals surface area contributed by atoms with Crippen LogP contribution in [0.4, 0.5) is 0 Å². The molecule has 5 heteroatoms. The highest BCUT2D eigenvalue weighted by molar-refractivity contribution is 9.10. The third kappa shape index (κ3) is 5.82. The monoisotopic (exact) mass is 360 g/mol. The van der Waals surface area contributed by atoms with Crippen molar-refractivity contribution in [2.75, 3.05) is 26.2 Å². The van der Waals surface area contributed by atoms with Gasteiger partial charge in [0.1, 0.15) is 0 Å². The van der Waals surface area contributed by atoms with Crippen LogP contribution < -0.4 is 5.32 Å². The zero-order valence-electron chi connectivity index (χ0n) is 12.4. The molecule has 0 aliphatic carbocycles. The molecule has 2 heterocycles. The lowest BCUT2D eigenvalue weighted by Gasteiger charge is -2.35. The predicted molar refractivity (Wildman–Crippen MR) is 89.4 cm³/mol. The van der Waals surface area contributed by atoms with Gasteiger partial charge in [-0.2, -0.15) is 0 Å². The van der Waals surface area contributed by atoms with E-state index in [1.807, 2.05) is 0 Å². The van der Waals surface area contributed by atoms with Crippen LogP contribution in [0.3, 0.4) is 0 Å². The van der Waals surface area contributed by atoms with Crippen LogP contribution in [0, 0.1) is 0 Å². The van der Waals surface area contributed by atoms with Crippen molar-refractivity contribution in [3.8, 4) is 0 Å². The molecule has 1 aromatic rings. The van der Waals surface area contributed by atoms with Gasteiger partial charge in [0, 0.05) is 34.4 Å². The first-order valence-corrected chi connectivity index (χ1v) is 9.12. The molecule has 1 saturated heterocycles. The summed E-state index contributed by atoms with van der Waals surface area (Å²) in [5.74, 6) is 0. The maximum absolute atomic E-state index is 5.76. The Morgan fingerprint density at radius 3 is 2.75 bits per heavy atom. The van der Waals surface area contributed by atoms with Crippen molar-refractivity contribution in [2.24, 2.45) is 0 Å². The van der Waals surface area contributed by atoms with Gasteiger partial charge in [0.2, 0.25) is 0 Å². The Hall–Kier alpha value is 0.0600. The van der Waals surface area contributed by atoms with E-state index in [1.165, 1.54) is 28.7 Å². The SMILES string of the molecule is CC1CN(CCCCNCc2cc(Br)cs2)CC(C)O1. The molecule has 0 aromatic carbocycles. The standard InChI is InChI=1S/C15H25BrN2OS/c1-12-9-18(10-13(2)19-12)6-4-3-5-17-8-15-7-14(16)11-20-15/h7,11-13,17H,3-6,8-10H2,1-2H3. The number of hydrogen-bond donors (Lipinski definition) is 1. The van der Waals surface area contributed by atoms with E-state index in [4.69, 9.17) is 4.74 Å². The van der Waals surface area contributed by atoms with Crippen molar-refractivity contribution < 1.29 is 4.74 Å². The Bertz CT molecular complexity index is 389. The molecule has 1 aliphatic heterocycles. The fraction of sp³-hybridized carbons (Fsp3) is 0.733. The molecule has 0 amide bonds. The zero-order valence-corrected chi connectivity index (χ0v) is 14.8. The number of morpholine rings is 1. The molecule has 2 rings (SSSR count). The first kappa shape index (κ1) is 16.4. The molecule has 0 spiro atoms. The summed E-state index contributed by atoms with van der Waals surface area (Å²) in [7, 11) is 0. The van der Waals surface area contributed by atoms with Crippen molar-refractivity contribution in [1.29, 1.82) is 0 Å². The summed E-state index contributed by atoms with van der Waals surface area (Å²) in [5, 5.41) is 5.65. The quantitative estimate of drug-likeness (QED) is 0.753. The Labute approximate surface area is 134 Å². The summed E-state index contributed by atoms with van der Waals surface area (Å²) in [4.78, 5) is 3.93. The van der Waals surface area contributed by atoms with E-state index in [1.54, 1.807) is 11.3 Å². The number of rotatable bonds is 7. The molecule has 0 radical (unpaired) electrons. The lowest BCUT2D eigenvalue weighted by Crippen LogP contribution is -2.45. The fourth-order valence-corrected chi connectivity index (χ4v) is 4.13. The molecular formula is C15H25BrN2OS. The van der Waals surface area contributed by atoms with Crippen molar-refractivity contribution in [1.82, 2.24) is 10.2 Å². The average molecular weight is 361 g/mol. The van der Waals surface area contributed by atoms with E-state index < -0.39 is 0 Å². The van der Waals surface area contributed by atoms with Gasteiger partial charge in [-0.15, -0.1) is 11.3 Å². The van der Waals surface area contributed by atoms with E-state index in [-0.39, 0.29) is 0 Å². The number of unbranched alkanes of at least 4 members (excludes halogenated alkanes) is 1. The van der Waals surface area contributed by atoms with Gasteiger partial charge in [-0.3, -0.25) is 4.90 Å². The van der Waals surface area contributed by atoms with Gasteiger partial charge >= 0.3 is 0 Å². The van der Waals surface area contributed by atoms with Gasteiger partial charge in [0.05, 0.1) is 12.2 Å². The summed E-state index contributed by atoms with van der Waals surface area (Å²) in [6.07, 6.45) is 3.27. The van der Waals surface area contributed by atoms with Crippen molar-refractivity contribution in [3.63, 3.8) is 0 Å². The maximum Gasteiger partial charge on any atom is 0.0678 e. The van der Waals surface area contributed by atoms with Crippen LogP contribution >= 0.6 is 27.3 Å². The number of nitrogens with zero attached hydrogens (tertiary/aromatic N) is 1. The third-order valence-electron chi connectivity index (χ3n) is 3.49. The molecule has 20 heavy (non-hydrogen) atoms. The highest BCUT2D eigenvalue weighted by Crippen LogP contribution is 2.19. The summed E-state index contributed by atoms with van der Waals surface area (Å²) in [6, 6.07) is 2.19. The molecule has 0 saturated carbocycles. The number of halogens is 1. The second-order valence-corrected chi connectivity index (χ2v) is 7.54. The number of thiophene rings is 1. The summed E-state index contributed by atoms with van der Waals surface area (Å²) in [5.41, 5.74) is 0. The molecule has 114 valence electrons. The van der Waals surface area contributed by atoms with Crippen molar-refractivity contribution in [3.05, 3.63) is 20.8 Å². The zero-order chi connectivity index (χ0) is 14.4. The minimum absolute atomic E-state index is 0.383. The highest BCUT2D eigenvalue weighted by Gasteiger charge is 2.21. The Morgan fingerprint density at radius 1 is 1.35 bits per heavy atom. The molecule has 1 aromatic heterocycles. The van der Waals surface area contributed by atoms with Crippen LogP contribution in [0.15, 0.2) is 15.9 Å². The van der Waals surface area contributed by atoms with E-state index >= 15 is 0 Å². The molecule has 1 N–H and O–H groups in total. The molecule has 2 unspecified atom stereocenters. The first-order chi connectivity index (χ1) is 9.63. The normalized spacial score (nSPS) is 24.1. The molecule has 0 bridgehead atoms. The second kappa shape index (κ2) is 8.49. The van der Waals surface area contributed by atoms with Crippen LogP contribution in [-0.4, -0.2) is 43.3 Å². The van der Waals surface area contributed by atoms with E-state index in [0.717, 1.165) is 26.2 Å². The van der Waals surface area contributed by atoms with Crippen molar-refractivity contribution in [2.45, 2.75) is 45.4 Å². The van der Waals surface area contributed by atoms with E-state index in [2.05, 4.69) is 51.4 Å². The van der Waals surface area contributed by atoms with Gasteiger partial charge in [-0.05, 0) is 61.8 Å². The van der Waals surface area contributed by atoms with Crippen LogP contribution in [0.1, 0.15) is 31.6 Å². The Morgan fingerprint density at radius 2 is 2.10 bits per heavy atom. The summed E-state index contributed by atoms with van der Waals surface area (Å²) < 4.78 is 6.95. The topological polar surface area (TPSA) is 24.5 Å². The van der Waals surface area contributed by atoms with Gasteiger partial charge in [0.15, 0.2) is 0 Å². The molecule has 1 fully saturated rings. The molecular weight excluding hydrogens is 336 g/mol. The molecule has 2 atom stereocenters. The highest BCUT2D eigenvalue weighted by atomic mass is 79.9. The smallest absolute Gasteiger partial charge is 0.0678 e. The van der Waals surface area contributed by atoms with Crippen LogP contribution in [0.2, 0.25) is 0 Å². The van der Waals surface area contributed by atoms with Crippen LogP contribution in [0.5, 0.6) is 0 Å². The lowest BCUT2D eigenvalue weighted by molar-refractivity contribution is -0.0681. The minimum Gasteiger partial charge on any atom is -0.373 e. The first-order valence-electron chi connectivity index (χ1n) is 7.45. The third-order valence-corrected chi connectivity index (χ3v) is 5.19. The van der Waals surface area contributed by atoms with Gasteiger partial charge in [0.25, 0.3) is 0 Å². The largest absolute Gasteiger partial charge is 0.373 e. The summed E-state index contributed by atoms with van der Waals surface area (Å²) >= 11 is 5.29. The summed E-state index contributed by atoms with van der Waals surface area (Å²) in [6.45, 7) is 9.80. The Kier molecular flexibility index (Phi) is 6.97. The average Bonchev–Trinajstić information content (AvgIpc) is 2.78. The second-order valence-electron chi connectivity index (χ2n) is 5.63. The number of ether oxygens (including phenoxy) is 1. The van der Waals surface area contributed by atoms with Gasteiger partial charge < -0.3 is 10.1 Å². The number of nitrogens with one attached hydrogen (secondary N) is 1. The van der Waals surface area contributed by atoms with E-state index in [9.17, 15) is 0 Å². The van der Waals surface area contributed by atoms with Crippen LogP contribution in [-0.2, 0) is 11.3 Å². The van der Waals surface area contributed by atoms with Gasteiger partial charge in [-0.1, -0.05) is 0 Å². The minimum atomic E-state index is 0.383. The fourth-order valence-electron chi connectivity index (χ4n) is 2.71. The van der Waals surface area contributed by atoms with E-state index in [0.29, 0.717) is 12.2 Å². The van der Waals surface area contributed by atoms with Crippen molar-refractivity contribution >= 4 is 27.3 Å². The molecule has 3 nitrogen and oxygen atoms in total. The Balaban J connectivity index is 1.51. The lowest BCUT2D eigenvalue weighted by atomic mass is 10.2. The molecule has 1 aliphatic rings.